The molecule has 1 rings (SSSR count). The van der Waals surface area contributed by atoms with Gasteiger partial charge in [0, 0.05) is 6.04 Å². The Morgan fingerprint density at radius 1 is 1.57 bits per heavy atom. The maximum atomic E-state index is 11.1. The van der Waals surface area contributed by atoms with Crippen molar-refractivity contribution in [3.63, 3.8) is 0 Å². The molecule has 0 radical (unpaired) electrons. The average molecular weight is 200 g/mol. The minimum absolute atomic E-state index is 0.429. The van der Waals surface area contributed by atoms with Gasteiger partial charge in [-0.3, -0.25) is 10.1 Å². The molecule has 0 heterocycles. The Bertz CT molecular complexity index is 214. The molecule has 1 saturated carbocycles. The Kier molecular flexibility index (Phi) is 3.50. The summed E-state index contributed by atoms with van der Waals surface area (Å²) < 4.78 is 0. The monoisotopic (exact) mass is 200 g/mol. The summed E-state index contributed by atoms with van der Waals surface area (Å²) in [4.78, 5) is 13.1. The lowest BCUT2D eigenvalue weighted by atomic mass is 9.97. The second kappa shape index (κ2) is 4.28. The molecule has 0 amide bonds. The zero-order valence-corrected chi connectivity index (χ0v) is 9.21. The van der Waals surface area contributed by atoms with Crippen LogP contribution in [0.3, 0.4) is 0 Å². The summed E-state index contributed by atoms with van der Waals surface area (Å²) in [5.41, 5.74) is -0.758. The van der Waals surface area contributed by atoms with E-state index in [9.17, 15) is 4.79 Å². The van der Waals surface area contributed by atoms with E-state index >= 15 is 0 Å². The third-order valence-electron chi connectivity index (χ3n) is 2.63. The number of aliphatic carboxylic acids is 1. The van der Waals surface area contributed by atoms with Gasteiger partial charge < -0.3 is 10.0 Å². The lowest BCUT2D eigenvalue weighted by Crippen LogP contribution is -2.51. The van der Waals surface area contributed by atoms with Gasteiger partial charge in [0.1, 0.15) is 5.54 Å². The second-order valence-electron chi connectivity index (χ2n) is 4.61. The summed E-state index contributed by atoms with van der Waals surface area (Å²) in [7, 11) is 3.92. The molecule has 4 heteroatoms. The Balaban J connectivity index is 2.46. The van der Waals surface area contributed by atoms with Crippen LogP contribution >= 0.6 is 0 Å². The van der Waals surface area contributed by atoms with E-state index in [1.807, 2.05) is 19.0 Å². The molecule has 14 heavy (non-hydrogen) atoms. The van der Waals surface area contributed by atoms with Gasteiger partial charge in [0.05, 0.1) is 0 Å². The van der Waals surface area contributed by atoms with E-state index in [2.05, 4.69) is 5.32 Å². The van der Waals surface area contributed by atoms with Crippen LogP contribution in [-0.4, -0.2) is 48.2 Å². The van der Waals surface area contributed by atoms with Gasteiger partial charge >= 0.3 is 5.97 Å². The molecule has 0 aromatic carbocycles. The average Bonchev–Trinajstić information content (AvgIpc) is 2.84. The van der Waals surface area contributed by atoms with E-state index in [0.29, 0.717) is 12.5 Å². The molecule has 0 aliphatic heterocycles. The highest BCUT2D eigenvalue weighted by molar-refractivity contribution is 5.78. The van der Waals surface area contributed by atoms with Crippen molar-refractivity contribution < 1.29 is 9.90 Å². The summed E-state index contributed by atoms with van der Waals surface area (Å²) >= 11 is 0. The van der Waals surface area contributed by atoms with Crippen LogP contribution in [0.4, 0.5) is 0 Å². The maximum Gasteiger partial charge on any atom is 0.323 e. The van der Waals surface area contributed by atoms with Gasteiger partial charge in [-0.15, -0.1) is 0 Å². The Labute approximate surface area is 85.3 Å². The summed E-state index contributed by atoms with van der Waals surface area (Å²) in [6.07, 6.45) is 2.88. The van der Waals surface area contributed by atoms with Crippen molar-refractivity contribution in [2.75, 3.05) is 20.6 Å². The standard InChI is InChI=1S/C10H20N2O2/c1-10(9(13)14,6-7-12(2)3)11-8-4-5-8/h8,11H,4-7H2,1-3H3,(H,13,14). The van der Waals surface area contributed by atoms with Crippen molar-refractivity contribution in [1.29, 1.82) is 0 Å². The van der Waals surface area contributed by atoms with Gasteiger partial charge in [0.15, 0.2) is 0 Å². The van der Waals surface area contributed by atoms with Crippen LogP contribution < -0.4 is 5.32 Å². The molecule has 1 aliphatic rings. The molecule has 0 aromatic rings. The summed E-state index contributed by atoms with van der Waals surface area (Å²) in [5, 5.41) is 12.3. The highest BCUT2D eigenvalue weighted by atomic mass is 16.4. The van der Waals surface area contributed by atoms with Crippen molar-refractivity contribution in [1.82, 2.24) is 10.2 Å². The molecule has 4 nitrogen and oxygen atoms in total. The summed E-state index contributed by atoms with van der Waals surface area (Å²) in [6, 6.07) is 0.429. The van der Waals surface area contributed by atoms with Gasteiger partial charge in [0.2, 0.25) is 0 Å². The topological polar surface area (TPSA) is 52.6 Å². The van der Waals surface area contributed by atoms with Gasteiger partial charge in [0.25, 0.3) is 0 Å². The van der Waals surface area contributed by atoms with E-state index in [0.717, 1.165) is 19.4 Å². The number of hydrogen-bond acceptors (Lipinski definition) is 3. The maximum absolute atomic E-state index is 11.1. The van der Waals surface area contributed by atoms with Crippen LogP contribution in [-0.2, 0) is 4.79 Å². The van der Waals surface area contributed by atoms with Crippen molar-refractivity contribution in [3.8, 4) is 0 Å². The molecule has 1 atom stereocenters. The molecular formula is C10H20N2O2. The summed E-state index contributed by atoms with van der Waals surface area (Å²) in [6.45, 7) is 2.57. The van der Waals surface area contributed by atoms with Crippen molar-refractivity contribution in [2.45, 2.75) is 37.8 Å². The third kappa shape index (κ3) is 3.27. The highest BCUT2D eigenvalue weighted by Gasteiger charge is 2.37. The van der Waals surface area contributed by atoms with Crippen LogP contribution in [0.2, 0.25) is 0 Å². The summed E-state index contributed by atoms with van der Waals surface area (Å²) in [5.74, 6) is -0.744. The third-order valence-corrected chi connectivity index (χ3v) is 2.63. The fourth-order valence-electron chi connectivity index (χ4n) is 1.37. The number of carboxylic acid groups (broad SMARTS) is 1. The fourth-order valence-corrected chi connectivity index (χ4v) is 1.37. The highest BCUT2D eigenvalue weighted by Crippen LogP contribution is 2.24. The molecule has 1 unspecified atom stereocenters. The molecule has 0 bridgehead atoms. The van der Waals surface area contributed by atoms with E-state index in [4.69, 9.17) is 5.11 Å². The number of carboxylic acids is 1. The number of carbonyl (C=O) groups is 1. The molecule has 82 valence electrons. The van der Waals surface area contributed by atoms with Gasteiger partial charge in [-0.1, -0.05) is 0 Å². The Morgan fingerprint density at radius 2 is 2.14 bits per heavy atom. The smallest absolute Gasteiger partial charge is 0.323 e. The number of nitrogens with zero attached hydrogens (tertiary/aromatic N) is 1. The first kappa shape index (κ1) is 11.5. The van der Waals surface area contributed by atoms with Crippen LogP contribution in [0.5, 0.6) is 0 Å². The molecule has 0 aromatic heterocycles. The van der Waals surface area contributed by atoms with Crippen LogP contribution in [0, 0.1) is 0 Å². The predicted molar refractivity (Wildman–Crippen MR) is 55.4 cm³/mol. The second-order valence-corrected chi connectivity index (χ2v) is 4.61. The van der Waals surface area contributed by atoms with E-state index < -0.39 is 11.5 Å². The van der Waals surface area contributed by atoms with Crippen molar-refractivity contribution >= 4 is 5.97 Å². The quantitative estimate of drug-likeness (QED) is 0.657. The van der Waals surface area contributed by atoms with Crippen LogP contribution in [0.15, 0.2) is 0 Å². The zero-order chi connectivity index (χ0) is 10.8. The van der Waals surface area contributed by atoms with E-state index in [1.165, 1.54) is 0 Å². The molecule has 0 spiro atoms. The van der Waals surface area contributed by atoms with Crippen molar-refractivity contribution in [3.05, 3.63) is 0 Å². The normalized spacial score (nSPS) is 20.9. The van der Waals surface area contributed by atoms with E-state index in [1.54, 1.807) is 6.92 Å². The Hall–Kier alpha value is -0.610. The Morgan fingerprint density at radius 3 is 2.50 bits per heavy atom. The largest absolute Gasteiger partial charge is 0.480 e. The van der Waals surface area contributed by atoms with Crippen molar-refractivity contribution in [2.24, 2.45) is 0 Å². The minimum atomic E-state index is -0.758. The van der Waals surface area contributed by atoms with Crippen LogP contribution in [0.25, 0.3) is 0 Å². The number of nitrogens with one attached hydrogen (secondary N) is 1. The zero-order valence-electron chi connectivity index (χ0n) is 9.21. The number of rotatable bonds is 6. The lowest BCUT2D eigenvalue weighted by molar-refractivity contribution is -0.144. The first-order valence-corrected chi connectivity index (χ1v) is 5.10. The van der Waals surface area contributed by atoms with Gasteiger partial charge in [-0.2, -0.15) is 0 Å². The van der Waals surface area contributed by atoms with Gasteiger partial charge in [-0.05, 0) is 46.8 Å². The predicted octanol–water partition coefficient (Wildman–Crippen LogP) is 0.533. The first-order chi connectivity index (χ1) is 6.44. The molecule has 0 saturated heterocycles. The molecular weight excluding hydrogens is 180 g/mol. The van der Waals surface area contributed by atoms with Gasteiger partial charge in [-0.25, -0.2) is 0 Å². The number of hydrogen-bond donors (Lipinski definition) is 2. The fraction of sp³-hybridized carbons (Fsp3) is 0.900. The minimum Gasteiger partial charge on any atom is -0.480 e. The molecule has 2 N–H and O–H groups in total. The van der Waals surface area contributed by atoms with Crippen LogP contribution in [0.1, 0.15) is 26.2 Å². The van der Waals surface area contributed by atoms with E-state index in [-0.39, 0.29) is 0 Å². The molecule has 1 aliphatic carbocycles. The SMILES string of the molecule is CN(C)CCC(C)(NC1CC1)C(=O)O. The molecule has 1 fully saturated rings. The first-order valence-electron chi connectivity index (χ1n) is 5.10. The lowest BCUT2D eigenvalue weighted by Gasteiger charge is -2.27.